The number of pyridine rings is 1. The Morgan fingerprint density at radius 2 is 1.67 bits per heavy atom. The lowest BCUT2D eigenvalue weighted by molar-refractivity contribution is -0.151. The summed E-state index contributed by atoms with van der Waals surface area (Å²) in [6, 6.07) is 1.10. The van der Waals surface area contributed by atoms with Gasteiger partial charge in [-0.2, -0.15) is 13.2 Å². The molecule has 3 rings (SSSR count). The molecule has 0 spiro atoms. The molecule has 1 saturated carbocycles. The van der Waals surface area contributed by atoms with E-state index in [9.17, 15) is 17.6 Å². The summed E-state index contributed by atoms with van der Waals surface area (Å²) >= 11 is 0. The van der Waals surface area contributed by atoms with Crippen LogP contribution in [0.25, 0.3) is 0 Å². The van der Waals surface area contributed by atoms with Crippen LogP contribution in [-0.2, 0) is 9.31 Å². The first kappa shape index (κ1) is 17.5. The second-order valence-electron chi connectivity index (χ2n) is 7.38. The molecule has 0 amide bonds. The Bertz CT molecular complexity index is 643. The van der Waals surface area contributed by atoms with Gasteiger partial charge in [-0.25, -0.2) is 9.37 Å². The van der Waals surface area contributed by atoms with Gasteiger partial charge in [0.05, 0.1) is 17.4 Å². The Labute approximate surface area is 138 Å². The van der Waals surface area contributed by atoms with Gasteiger partial charge in [-0.3, -0.25) is 0 Å². The fraction of sp³-hybridized carbons (Fsp3) is 0.667. The molecule has 1 N–H and O–H groups in total. The van der Waals surface area contributed by atoms with Gasteiger partial charge in [0, 0.05) is 5.46 Å². The average molecular weight is 346 g/mol. The summed E-state index contributed by atoms with van der Waals surface area (Å²) in [6.45, 7) is 7.24. The molecule has 1 aliphatic heterocycles. The number of hydrogen-bond donors (Lipinski definition) is 1. The van der Waals surface area contributed by atoms with Crippen molar-refractivity contribution in [2.45, 2.75) is 63.5 Å². The van der Waals surface area contributed by atoms with Gasteiger partial charge >= 0.3 is 13.3 Å². The van der Waals surface area contributed by atoms with Gasteiger partial charge in [-0.15, -0.1) is 0 Å². The lowest BCUT2D eigenvalue weighted by Crippen LogP contribution is -2.43. The first-order valence-corrected chi connectivity index (χ1v) is 7.73. The van der Waals surface area contributed by atoms with Crippen LogP contribution in [0, 0.1) is 5.82 Å². The maximum atomic E-state index is 13.6. The summed E-state index contributed by atoms with van der Waals surface area (Å²) in [5.41, 5.74) is -3.26. The fourth-order valence-electron chi connectivity index (χ4n) is 2.54. The normalized spacial score (nSPS) is 24.1. The molecule has 9 heteroatoms. The monoisotopic (exact) mass is 346 g/mol. The molecule has 1 saturated heterocycles. The van der Waals surface area contributed by atoms with E-state index in [4.69, 9.17) is 9.31 Å². The minimum absolute atomic E-state index is 0.0433. The Morgan fingerprint density at radius 1 is 1.12 bits per heavy atom. The molecule has 1 aliphatic carbocycles. The molecule has 0 unspecified atom stereocenters. The third-order valence-electron chi connectivity index (χ3n) is 5.04. The molecule has 0 radical (unpaired) electrons. The Hall–Kier alpha value is -1.35. The fourth-order valence-corrected chi connectivity index (χ4v) is 2.54. The van der Waals surface area contributed by atoms with Crippen molar-refractivity contribution in [3.05, 3.63) is 18.1 Å². The summed E-state index contributed by atoms with van der Waals surface area (Å²) in [7, 11) is -0.996. The predicted molar refractivity (Wildman–Crippen MR) is 81.6 cm³/mol. The summed E-state index contributed by atoms with van der Waals surface area (Å²) in [6.07, 6.45) is -3.61. The number of alkyl halides is 3. The zero-order valence-corrected chi connectivity index (χ0v) is 13.9. The van der Waals surface area contributed by atoms with Crippen LogP contribution < -0.4 is 10.8 Å². The number of rotatable bonds is 3. The van der Waals surface area contributed by atoms with Crippen molar-refractivity contribution in [1.29, 1.82) is 0 Å². The largest absolute Gasteiger partial charge is 0.498 e. The first-order chi connectivity index (χ1) is 10.9. The van der Waals surface area contributed by atoms with Crippen LogP contribution in [0.15, 0.2) is 12.3 Å². The molecule has 2 fully saturated rings. The van der Waals surface area contributed by atoms with Crippen LogP contribution >= 0.6 is 0 Å². The molecule has 1 aromatic rings. The highest BCUT2D eigenvalue weighted by Crippen LogP contribution is 2.51. The summed E-state index contributed by atoms with van der Waals surface area (Å²) < 4.78 is 64.8. The second-order valence-corrected chi connectivity index (χ2v) is 7.38. The van der Waals surface area contributed by atoms with E-state index in [0.717, 1.165) is 12.3 Å². The van der Waals surface area contributed by atoms with E-state index >= 15 is 0 Å². The van der Waals surface area contributed by atoms with Crippen LogP contribution in [-0.4, -0.2) is 35.0 Å². The SMILES string of the molecule is CC1(C)OB(c2cc(F)cnc2NC2(C(F)(F)F)CC2)OC1(C)C. The quantitative estimate of drug-likeness (QED) is 0.675. The first-order valence-electron chi connectivity index (χ1n) is 7.73. The Balaban J connectivity index is 1.94. The number of hydrogen-bond acceptors (Lipinski definition) is 4. The Kier molecular flexibility index (Phi) is 3.70. The zero-order chi connectivity index (χ0) is 18.0. The molecule has 0 bridgehead atoms. The lowest BCUT2D eigenvalue weighted by Gasteiger charge is -2.32. The molecular weight excluding hydrogens is 327 g/mol. The third-order valence-corrected chi connectivity index (χ3v) is 5.04. The van der Waals surface area contributed by atoms with Crippen LogP contribution in [0.5, 0.6) is 0 Å². The number of nitrogens with zero attached hydrogens (tertiary/aromatic N) is 1. The average Bonchev–Trinajstić information content (AvgIpc) is 3.15. The summed E-state index contributed by atoms with van der Waals surface area (Å²) in [4.78, 5) is 3.81. The van der Waals surface area contributed by atoms with E-state index in [1.54, 1.807) is 0 Å². The van der Waals surface area contributed by atoms with Crippen molar-refractivity contribution in [2.75, 3.05) is 5.32 Å². The van der Waals surface area contributed by atoms with Gasteiger partial charge in [0.25, 0.3) is 0 Å². The minimum Gasteiger partial charge on any atom is -0.399 e. The van der Waals surface area contributed by atoms with E-state index in [1.165, 1.54) is 0 Å². The predicted octanol–water partition coefficient (Wildman–Crippen LogP) is 3.03. The van der Waals surface area contributed by atoms with E-state index < -0.39 is 35.9 Å². The molecule has 24 heavy (non-hydrogen) atoms. The number of aromatic nitrogens is 1. The molecule has 0 aromatic carbocycles. The number of anilines is 1. The highest BCUT2D eigenvalue weighted by atomic mass is 19.4. The van der Waals surface area contributed by atoms with E-state index in [-0.39, 0.29) is 24.1 Å². The molecule has 132 valence electrons. The topological polar surface area (TPSA) is 43.4 Å². The van der Waals surface area contributed by atoms with Gasteiger partial charge in [0.15, 0.2) is 0 Å². The minimum atomic E-state index is -4.41. The van der Waals surface area contributed by atoms with E-state index in [2.05, 4.69) is 10.3 Å². The van der Waals surface area contributed by atoms with Gasteiger partial charge in [-0.05, 0) is 46.6 Å². The number of nitrogens with one attached hydrogen (secondary N) is 1. The number of halogens is 4. The van der Waals surface area contributed by atoms with E-state index in [0.29, 0.717) is 0 Å². The van der Waals surface area contributed by atoms with Crippen LogP contribution in [0.1, 0.15) is 40.5 Å². The lowest BCUT2D eigenvalue weighted by atomic mass is 9.79. The zero-order valence-electron chi connectivity index (χ0n) is 13.9. The smallest absolute Gasteiger partial charge is 0.399 e. The van der Waals surface area contributed by atoms with Crippen molar-refractivity contribution in [1.82, 2.24) is 4.98 Å². The molecule has 4 nitrogen and oxygen atoms in total. The van der Waals surface area contributed by atoms with Gasteiger partial charge in [0.2, 0.25) is 0 Å². The van der Waals surface area contributed by atoms with E-state index in [1.807, 2.05) is 27.7 Å². The third kappa shape index (κ3) is 2.77. The van der Waals surface area contributed by atoms with Gasteiger partial charge in [0.1, 0.15) is 17.2 Å². The Morgan fingerprint density at radius 3 is 2.12 bits per heavy atom. The van der Waals surface area contributed by atoms with Gasteiger partial charge < -0.3 is 14.6 Å². The van der Waals surface area contributed by atoms with Crippen LogP contribution in [0.2, 0.25) is 0 Å². The maximum absolute atomic E-state index is 13.6. The summed E-state index contributed by atoms with van der Waals surface area (Å²) in [5, 5.41) is 2.43. The van der Waals surface area contributed by atoms with Gasteiger partial charge in [-0.1, -0.05) is 0 Å². The molecule has 1 aromatic heterocycles. The highest BCUT2D eigenvalue weighted by Gasteiger charge is 2.64. The van der Waals surface area contributed by atoms with Crippen molar-refractivity contribution in [2.24, 2.45) is 0 Å². The van der Waals surface area contributed by atoms with Crippen LogP contribution in [0.4, 0.5) is 23.4 Å². The molecular formula is C15H19BF4N2O2. The highest BCUT2D eigenvalue weighted by molar-refractivity contribution is 6.63. The standard InChI is InChI=1S/C15H19BF4N2O2/c1-12(2)13(3,4)24-16(23-12)10-7-9(17)8-21-11(10)22-14(5-6-14)15(18,19)20/h7-8H,5-6H2,1-4H3,(H,21,22). The second kappa shape index (κ2) is 5.08. The van der Waals surface area contributed by atoms with Crippen molar-refractivity contribution in [3.8, 4) is 0 Å². The summed E-state index contributed by atoms with van der Waals surface area (Å²) in [5.74, 6) is -0.730. The van der Waals surface area contributed by atoms with Crippen molar-refractivity contribution < 1.29 is 26.9 Å². The van der Waals surface area contributed by atoms with Crippen LogP contribution in [0.3, 0.4) is 0 Å². The van der Waals surface area contributed by atoms with Crippen molar-refractivity contribution >= 4 is 18.4 Å². The molecule has 2 heterocycles. The maximum Gasteiger partial charge on any atom is 0.498 e. The molecule has 0 atom stereocenters. The molecule has 2 aliphatic rings. The van der Waals surface area contributed by atoms with Crippen molar-refractivity contribution in [3.63, 3.8) is 0 Å².